The zero-order valence-electron chi connectivity index (χ0n) is 19.6. The van der Waals surface area contributed by atoms with E-state index in [1.807, 2.05) is 25.3 Å². The number of allylic oxidation sites excluding steroid dienone is 3. The molecule has 0 aromatic heterocycles. The second-order valence-corrected chi connectivity index (χ2v) is 8.56. The second-order valence-electron chi connectivity index (χ2n) is 7.62. The lowest BCUT2D eigenvalue weighted by molar-refractivity contribution is -0.139. The van der Waals surface area contributed by atoms with E-state index in [4.69, 9.17) is 15.2 Å². The van der Waals surface area contributed by atoms with Crippen molar-refractivity contribution < 1.29 is 29.0 Å². The summed E-state index contributed by atoms with van der Waals surface area (Å²) in [6.45, 7) is 4.16. The maximum atomic E-state index is 12.8. The number of hydrogen-bond acceptors (Lipinski definition) is 7. The van der Waals surface area contributed by atoms with Crippen molar-refractivity contribution in [3.05, 3.63) is 22.8 Å². The van der Waals surface area contributed by atoms with Crippen LogP contribution in [0.1, 0.15) is 45.4 Å². The molecule has 0 aliphatic carbocycles. The van der Waals surface area contributed by atoms with Crippen molar-refractivity contribution in [2.75, 3.05) is 39.2 Å². The molecule has 0 unspecified atom stereocenters. The molecule has 0 aromatic rings. The largest absolute Gasteiger partial charge is 0.498 e. The van der Waals surface area contributed by atoms with E-state index >= 15 is 0 Å². The monoisotopic (exact) mass is 486 g/mol. The summed E-state index contributed by atoms with van der Waals surface area (Å²) in [7, 11) is 0. The molecule has 0 saturated heterocycles. The highest BCUT2D eigenvalue weighted by Crippen LogP contribution is 2.19. The molecule has 3 amide bonds. The van der Waals surface area contributed by atoms with Gasteiger partial charge in [-0.3, -0.25) is 4.79 Å². The molecule has 1 aliphatic rings. The van der Waals surface area contributed by atoms with Gasteiger partial charge in [-0.2, -0.15) is 0 Å². The van der Waals surface area contributed by atoms with Gasteiger partial charge in [0.05, 0.1) is 19.0 Å². The van der Waals surface area contributed by atoms with Gasteiger partial charge < -0.3 is 36.3 Å². The van der Waals surface area contributed by atoms with Gasteiger partial charge in [0.2, 0.25) is 5.91 Å². The number of aliphatic carboxylic acids is 1. The van der Waals surface area contributed by atoms with Crippen LogP contribution in [0.4, 0.5) is 4.79 Å². The Hall–Kier alpha value is -2.24. The summed E-state index contributed by atoms with van der Waals surface area (Å²) in [4.78, 5) is 37.7. The molecule has 2 atom stereocenters. The lowest BCUT2D eigenvalue weighted by Crippen LogP contribution is -2.53. The molecule has 0 aromatic carbocycles. The van der Waals surface area contributed by atoms with Crippen LogP contribution >= 0.6 is 11.8 Å². The van der Waals surface area contributed by atoms with Gasteiger partial charge in [0.15, 0.2) is 0 Å². The highest BCUT2D eigenvalue weighted by atomic mass is 32.2. The van der Waals surface area contributed by atoms with Gasteiger partial charge in [-0.05, 0) is 68.9 Å². The van der Waals surface area contributed by atoms with Crippen LogP contribution in [0.15, 0.2) is 22.8 Å². The zero-order chi connectivity index (χ0) is 24.5. The van der Waals surface area contributed by atoms with Gasteiger partial charge in [-0.15, -0.1) is 11.8 Å². The number of thioether (sulfide) groups is 1. The van der Waals surface area contributed by atoms with Gasteiger partial charge in [0.25, 0.3) is 0 Å². The predicted molar refractivity (Wildman–Crippen MR) is 129 cm³/mol. The number of unbranched alkanes of at least 4 members (excludes halogenated alkanes) is 1. The van der Waals surface area contributed by atoms with E-state index in [9.17, 15) is 19.5 Å². The normalized spacial score (nSPS) is 23.0. The third-order valence-electron chi connectivity index (χ3n) is 4.90. The van der Waals surface area contributed by atoms with E-state index in [1.165, 1.54) is 11.8 Å². The molecule has 0 saturated carbocycles. The molecule has 6 N–H and O–H groups in total. The van der Waals surface area contributed by atoms with Crippen LogP contribution in [0.5, 0.6) is 0 Å². The number of carbonyl (C=O) groups excluding carboxylic acids is 2. The van der Waals surface area contributed by atoms with Crippen molar-refractivity contribution in [1.82, 2.24) is 16.0 Å². The van der Waals surface area contributed by atoms with Crippen LogP contribution in [0.3, 0.4) is 0 Å². The van der Waals surface area contributed by atoms with Gasteiger partial charge in [-0.1, -0.05) is 0 Å². The Morgan fingerprint density at radius 2 is 2.03 bits per heavy atom. The number of hydrogen-bond donors (Lipinski definition) is 5. The number of carboxylic acids is 1. The molecule has 1 heterocycles. The van der Waals surface area contributed by atoms with E-state index in [1.54, 1.807) is 0 Å². The lowest BCUT2D eigenvalue weighted by Gasteiger charge is -2.21. The minimum Gasteiger partial charge on any atom is -0.498 e. The van der Waals surface area contributed by atoms with E-state index in [-0.39, 0.29) is 18.7 Å². The number of carboxylic acid groups (broad SMARTS) is 1. The van der Waals surface area contributed by atoms with Crippen molar-refractivity contribution in [3.63, 3.8) is 0 Å². The minimum absolute atomic E-state index is 0.246. The molecule has 1 aliphatic heterocycles. The molecule has 11 heteroatoms. The fraction of sp³-hybridized carbons (Fsp3) is 0.682. The minimum atomic E-state index is -1.13. The molecule has 33 heavy (non-hydrogen) atoms. The molecule has 10 nitrogen and oxygen atoms in total. The smallest absolute Gasteiger partial charge is 0.326 e. The Bertz CT molecular complexity index is 686. The number of carbonyl (C=O) groups is 3. The average Bonchev–Trinajstić information content (AvgIpc) is 2.78. The third-order valence-corrected chi connectivity index (χ3v) is 5.73. The quantitative estimate of drug-likeness (QED) is 0.325. The Morgan fingerprint density at radius 3 is 2.73 bits per heavy atom. The lowest BCUT2D eigenvalue weighted by atomic mass is 10.1. The van der Waals surface area contributed by atoms with E-state index in [2.05, 4.69) is 16.0 Å². The first-order valence-corrected chi connectivity index (χ1v) is 12.5. The van der Waals surface area contributed by atoms with Crippen LogP contribution in [0, 0.1) is 0 Å². The van der Waals surface area contributed by atoms with Crippen LogP contribution in [-0.4, -0.2) is 74.3 Å². The molecule has 188 valence electrons. The van der Waals surface area contributed by atoms with Gasteiger partial charge in [-0.25, -0.2) is 9.59 Å². The number of urea groups is 1. The van der Waals surface area contributed by atoms with Crippen LogP contribution in [-0.2, 0) is 19.1 Å². The summed E-state index contributed by atoms with van der Waals surface area (Å²) in [6, 6.07) is -2.65. The number of nitrogens with two attached hydrogens (primary N) is 1. The highest BCUT2D eigenvalue weighted by molar-refractivity contribution is 8.02. The zero-order valence-corrected chi connectivity index (χ0v) is 20.4. The number of amides is 3. The van der Waals surface area contributed by atoms with E-state index in [0.29, 0.717) is 45.8 Å². The Balaban J connectivity index is 2.91. The van der Waals surface area contributed by atoms with Crippen molar-refractivity contribution in [3.8, 4) is 0 Å². The first-order valence-electron chi connectivity index (χ1n) is 11.3. The molecule has 1 rings (SSSR count). The Kier molecular flexibility index (Phi) is 15.1. The second kappa shape index (κ2) is 17.3. The maximum absolute atomic E-state index is 12.8. The summed E-state index contributed by atoms with van der Waals surface area (Å²) in [5.74, 6) is -0.747. The topological polar surface area (TPSA) is 152 Å². The molecule has 0 spiro atoms. The standard InChI is InChI=1S/C22H38N4O6S/c1-16-8-9-17(33-2)15-19(20(27)24-11-14-31-12-5-6-13-32-16)26-22(30)25-18(21(28)29)7-3-4-10-23/h8-9,18-19H,3-7,10-15,23H2,1-2H3,(H,24,27)(H,28,29)(H2,25,26,30)/b16-8+,17-9-/t18-,19+/m0/s1. The Labute approximate surface area is 200 Å². The first-order chi connectivity index (χ1) is 15.9. The number of ether oxygens (including phenoxy) is 2. The number of nitrogens with one attached hydrogen (secondary N) is 3. The Morgan fingerprint density at radius 1 is 1.27 bits per heavy atom. The SMILES string of the molecule is CS/C1=C\C=C(/C)OCCCCOCCNC(=O)[C@H](NC(=O)N[C@@H](CCCCN)C(=O)O)C1. The van der Waals surface area contributed by atoms with Crippen molar-refractivity contribution in [2.45, 2.75) is 57.5 Å². The van der Waals surface area contributed by atoms with E-state index in [0.717, 1.165) is 23.5 Å². The first kappa shape index (κ1) is 28.8. The van der Waals surface area contributed by atoms with Crippen molar-refractivity contribution in [2.24, 2.45) is 5.73 Å². The summed E-state index contributed by atoms with van der Waals surface area (Å²) >= 11 is 1.46. The van der Waals surface area contributed by atoms with Crippen molar-refractivity contribution >= 4 is 29.7 Å². The molecule has 0 fully saturated rings. The summed E-state index contributed by atoms with van der Waals surface area (Å²) in [6.07, 6.45) is 9.06. The maximum Gasteiger partial charge on any atom is 0.326 e. The summed E-state index contributed by atoms with van der Waals surface area (Å²) < 4.78 is 11.2. The van der Waals surface area contributed by atoms with Crippen LogP contribution < -0.4 is 21.7 Å². The van der Waals surface area contributed by atoms with Gasteiger partial charge in [0.1, 0.15) is 12.1 Å². The number of rotatable bonds is 8. The predicted octanol–water partition coefficient (Wildman–Crippen LogP) is 1.72. The highest BCUT2D eigenvalue weighted by Gasteiger charge is 2.25. The van der Waals surface area contributed by atoms with Gasteiger partial charge in [0, 0.05) is 19.6 Å². The van der Waals surface area contributed by atoms with Crippen molar-refractivity contribution in [1.29, 1.82) is 0 Å². The molecule has 0 bridgehead atoms. The average molecular weight is 487 g/mol. The van der Waals surface area contributed by atoms with Crippen LogP contribution in [0.25, 0.3) is 0 Å². The van der Waals surface area contributed by atoms with Crippen LogP contribution in [0.2, 0.25) is 0 Å². The molecular formula is C22H38N4O6S. The summed E-state index contributed by atoms with van der Waals surface area (Å²) in [5.41, 5.74) is 5.45. The molecule has 0 radical (unpaired) electrons. The van der Waals surface area contributed by atoms with Gasteiger partial charge >= 0.3 is 12.0 Å². The fourth-order valence-corrected chi connectivity index (χ4v) is 3.55. The molecular weight excluding hydrogens is 448 g/mol. The van der Waals surface area contributed by atoms with E-state index < -0.39 is 24.1 Å². The fourth-order valence-electron chi connectivity index (χ4n) is 3.01. The summed E-state index contributed by atoms with van der Waals surface area (Å²) in [5, 5.41) is 17.2. The third kappa shape index (κ3) is 13.2.